The van der Waals surface area contributed by atoms with Gasteiger partial charge in [-0.3, -0.25) is 9.59 Å². The van der Waals surface area contributed by atoms with E-state index in [1.165, 1.54) is 4.90 Å². The van der Waals surface area contributed by atoms with Crippen molar-refractivity contribution in [3.63, 3.8) is 0 Å². The summed E-state index contributed by atoms with van der Waals surface area (Å²) in [7, 11) is 3.38. The molecule has 0 atom stereocenters. The van der Waals surface area contributed by atoms with Crippen molar-refractivity contribution in [1.29, 1.82) is 0 Å². The van der Waals surface area contributed by atoms with Crippen LogP contribution in [0.2, 0.25) is 0 Å². The number of carbonyl (C=O) groups excluding carboxylic acids is 2. The van der Waals surface area contributed by atoms with Gasteiger partial charge in [0.1, 0.15) is 0 Å². The standard InChI is InChI=1S/C7H15NO.C3H7NO/c1-3-5-8(7-9)6-4-2;1-4(2)3-5/h7H,3-6H2,1-2H3;3H,1-2H3. The summed E-state index contributed by atoms with van der Waals surface area (Å²) in [6.45, 7) is 5.95. The zero-order valence-corrected chi connectivity index (χ0v) is 9.69. The van der Waals surface area contributed by atoms with Crippen LogP contribution in [0.3, 0.4) is 0 Å². The predicted octanol–water partition coefficient (Wildman–Crippen LogP) is 0.969. The maximum absolute atomic E-state index is 10.2. The van der Waals surface area contributed by atoms with Gasteiger partial charge in [0.05, 0.1) is 0 Å². The molecule has 84 valence electrons. The van der Waals surface area contributed by atoms with Crippen molar-refractivity contribution in [1.82, 2.24) is 9.80 Å². The Hall–Kier alpha value is -1.06. The second kappa shape index (κ2) is 11.9. The molecule has 0 heterocycles. The van der Waals surface area contributed by atoms with Crippen molar-refractivity contribution in [2.24, 2.45) is 0 Å². The first kappa shape index (κ1) is 15.4. The second-order valence-corrected chi connectivity index (χ2v) is 3.21. The quantitative estimate of drug-likeness (QED) is 0.602. The van der Waals surface area contributed by atoms with Crippen molar-refractivity contribution < 1.29 is 9.59 Å². The number of nitrogens with zero attached hydrogens (tertiary/aromatic N) is 2. The van der Waals surface area contributed by atoms with Gasteiger partial charge in [-0.25, -0.2) is 0 Å². The van der Waals surface area contributed by atoms with Crippen LogP contribution in [0.1, 0.15) is 26.7 Å². The lowest BCUT2D eigenvalue weighted by Gasteiger charge is -2.13. The number of rotatable bonds is 6. The van der Waals surface area contributed by atoms with Gasteiger partial charge in [0.2, 0.25) is 12.8 Å². The van der Waals surface area contributed by atoms with Crippen LogP contribution in [-0.4, -0.2) is 49.8 Å². The van der Waals surface area contributed by atoms with Crippen LogP contribution < -0.4 is 0 Å². The number of amides is 2. The zero-order valence-electron chi connectivity index (χ0n) is 9.69. The maximum Gasteiger partial charge on any atom is 0.209 e. The van der Waals surface area contributed by atoms with Gasteiger partial charge in [0, 0.05) is 27.2 Å². The van der Waals surface area contributed by atoms with Gasteiger partial charge in [-0.05, 0) is 12.8 Å². The lowest BCUT2D eigenvalue weighted by atomic mass is 10.4. The van der Waals surface area contributed by atoms with Crippen molar-refractivity contribution in [2.75, 3.05) is 27.2 Å². The normalized spacial score (nSPS) is 8.29. The Morgan fingerprint density at radius 2 is 1.29 bits per heavy atom. The number of hydrogen-bond donors (Lipinski definition) is 0. The Balaban J connectivity index is 0. The smallest absolute Gasteiger partial charge is 0.209 e. The van der Waals surface area contributed by atoms with E-state index < -0.39 is 0 Å². The molecule has 0 rings (SSSR count). The van der Waals surface area contributed by atoms with E-state index in [0.29, 0.717) is 0 Å². The summed E-state index contributed by atoms with van der Waals surface area (Å²) in [5.41, 5.74) is 0. The molecule has 0 N–H and O–H groups in total. The summed E-state index contributed by atoms with van der Waals surface area (Å²) in [5.74, 6) is 0. The minimum absolute atomic E-state index is 0.750. The van der Waals surface area contributed by atoms with Gasteiger partial charge in [0.15, 0.2) is 0 Å². The van der Waals surface area contributed by atoms with Gasteiger partial charge in [-0.15, -0.1) is 0 Å². The van der Waals surface area contributed by atoms with Crippen LogP contribution in [0.5, 0.6) is 0 Å². The maximum atomic E-state index is 10.2. The topological polar surface area (TPSA) is 40.6 Å². The molecule has 0 fully saturated rings. The van der Waals surface area contributed by atoms with Crippen molar-refractivity contribution in [2.45, 2.75) is 26.7 Å². The molecule has 4 nitrogen and oxygen atoms in total. The summed E-state index contributed by atoms with van der Waals surface area (Å²) in [6, 6.07) is 0. The highest BCUT2D eigenvalue weighted by atomic mass is 16.1. The first-order chi connectivity index (χ1) is 6.62. The zero-order chi connectivity index (χ0) is 11.4. The minimum atomic E-state index is 0.750. The molecular formula is C10H22N2O2. The summed E-state index contributed by atoms with van der Waals surface area (Å²) < 4.78 is 0. The van der Waals surface area contributed by atoms with Gasteiger partial charge in [-0.2, -0.15) is 0 Å². The molecule has 0 aliphatic rings. The largest absolute Gasteiger partial charge is 0.351 e. The third kappa shape index (κ3) is 13.5. The van der Waals surface area contributed by atoms with Gasteiger partial charge in [-0.1, -0.05) is 13.8 Å². The molecule has 0 aliphatic heterocycles. The average Bonchev–Trinajstić information content (AvgIpc) is 2.18. The third-order valence-electron chi connectivity index (χ3n) is 1.38. The lowest BCUT2D eigenvalue weighted by Crippen LogP contribution is -2.23. The Kier molecular flexibility index (Phi) is 13.1. The highest BCUT2D eigenvalue weighted by Crippen LogP contribution is 1.88. The highest BCUT2D eigenvalue weighted by Gasteiger charge is 1.94. The molecule has 4 heteroatoms. The van der Waals surface area contributed by atoms with Crippen LogP contribution in [0.25, 0.3) is 0 Å². The fourth-order valence-electron chi connectivity index (χ4n) is 0.792. The van der Waals surface area contributed by atoms with E-state index in [0.717, 1.165) is 38.8 Å². The Labute approximate surface area is 86.9 Å². The Morgan fingerprint density at radius 1 is 0.929 bits per heavy atom. The molecule has 0 aromatic rings. The second-order valence-electron chi connectivity index (χ2n) is 3.21. The summed E-state index contributed by atoms with van der Waals surface area (Å²) in [6.07, 6.45) is 3.78. The molecule has 2 amide bonds. The van der Waals surface area contributed by atoms with E-state index in [9.17, 15) is 9.59 Å². The molecule has 0 saturated heterocycles. The molecule has 0 radical (unpaired) electrons. The van der Waals surface area contributed by atoms with Crippen molar-refractivity contribution in [3.8, 4) is 0 Å². The van der Waals surface area contributed by atoms with Gasteiger partial charge >= 0.3 is 0 Å². The summed E-state index contributed by atoms with van der Waals surface area (Å²) in [4.78, 5) is 22.9. The van der Waals surface area contributed by atoms with E-state index in [-0.39, 0.29) is 0 Å². The lowest BCUT2D eigenvalue weighted by molar-refractivity contribution is -0.118. The minimum Gasteiger partial charge on any atom is -0.351 e. The molecule has 0 unspecified atom stereocenters. The van der Waals surface area contributed by atoms with E-state index >= 15 is 0 Å². The van der Waals surface area contributed by atoms with E-state index in [4.69, 9.17) is 0 Å². The first-order valence-electron chi connectivity index (χ1n) is 4.93. The van der Waals surface area contributed by atoms with E-state index in [2.05, 4.69) is 13.8 Å². The molecule has 0 aromatic heterocycles. The average molecular weight is 202 g/mol. The molecule has 0 saturated carbocycles. The Morgan fingerprint density at radius 3 is 1.43 bits per heavy atom. The molecular weight excluding hydrogens is 180 g/mol. The Bertz CT molecular complexity index is 132. The number of carbonyl (C=O) groups is 2. The summed E-state index contributed by atoms with van der Waals surface area (Å²) >= 11 is 0. The van der Waals surface area contributed by atoms with E-state index in [1.807, 2.05) is 0 Å². The van der Waals surface area contributed by atoms with Crippen LogP contribution in [0.4, 0.5) is 0 Å². The predicted molar refractivity (Wildman–Crippen MR) is 58.0 cm³/mol. The molecule has 0 spiro atoms. The van der Waals surface area contributed by atoms with Gasteiger partial charge < -0.3 is 9.80 Å². The molecule has 0 bridgehead atoms. The SMILES string of the molecule is CCCN(C=O)CCC.CN(C)C=O. The van der Waals surface area contributed by atoms with Gasteiger partial charge in [0.25, 0.3) is 0 Å². The molecule has 14 heavy (non-hydrogen) atoms. The van der Waals surface area contributed by atoms with Crippen molar-refractivity contribution in [3.05, 3.63) is 0 Å². The van der Waals surface area contributed by atoms with Crippen LogP contribution in [-0.2, 0) is 9.59 Å². The number of hydrogen-bond acceptors (Lipinski definition) is 2. The monoisotopic (exact) mass is 202 g/mol. The van der Waals surface area contributed by atoms with Crippen molar-refractivity contribution >= 4 is 12.8 Å². The fourth-order valence-corrected chi connectivity index (χ4v) is 0.792. The van der Waals surface area contributed by atoms with Crippen LogP contribution in [0.15, 0.2) is 0 Å². The third-order valence-corrected chi connectivity index (χ3v) is 1.38. The fraction of sp³-hybridized carbons (Fsp3) is 0.800. The van der Waals surface area contributed by atoms with E-state index in [1.54, 1.807) is 19.0 Å². The highest BCUT2D eigenvalue weighted by molar-refractivity contribution is 5.46. The van der Waals surface area contributed by atoms with Crippen LogP contribution >= 0.6 is 0 Å². The first-order valence-corrected chi connectivity index (χ1v) is 4.93. The molecule has 0 aromatic carbocycles. The molecule has 0 aliphatic carbocycles. The summed E-state index contributed by atoms with van der Waals surface area (Å²) in [5, 5.41) is 0. The van der Waals surface area contributed by atoms with Crippen LogP contribution in [0, 0.1) is 0 Å².